The molecule has 0 unspecified atom stereocenters. The van der Waals surface area contributed by atoms with Crippen LogP contribution >= 0.6 is 31.9 Å². The number of ether oxygens (including phenoxy) is 1. The summed E-state index contributed by atoms with van der Waals surface area (Å²) in [7, 11) is 0. The number of rotatable bonds is 6. The number of carboxylic acids is 1. The van der Waals surface area contributed by atoms with E-state index in [-0.39, 0.29) is 19.8 Å². The first-order valence-electron chi connectivity index (χ1n) is 5.70. The summed E-state index contributed by atoms with van der Waals surface area (Å²) < 4.78 is 6.33. The summed E-state index contributed by atoms with van der Waals surface area (Å²) in [5.41, 5.74) is 1.68. The van der Waals surface area contributed by atoms with Crippen molar-refractivity contribution >= 4 is 49.5 Å². The molecule has 0 aromatic heterocycles. The van der Waals surface area contributed by atoms with Gasteiger partial charge in [-0.05, 0) is 56.5 Å². The van der Waals surface area contributed by atoms with Crippen LogP contribution in [0.15, 0.2) is 21.1 Å². The molecule has 1 aromatic carbocycles. The number of halogens is 2. The Kier molecular flexibility index (Phi) is 6.97. The molecule has 20 heavy (non-hydrogen) atoms. The summed E-state index contributed by atoms with van der Waals surface area (Å²) >= 11 is 6.75. The molecule has 0 aliphatic carbocycles. The zero-order valence-electron chi connectivity index (χ0n) is 10.7. The highest BCUT2D eigenvalue weighted by Crippen LogP contribution is 2.32. The fourth-order valence-corrected chi connectivity index (χ4v) is 2.99. The zero-order chi connectivity index (χ0) is 15.1. The third-order valence-electron chi connectivity index (χ3n) is 2.18. The quantitative estimate of drug-likeness (QED) is 0.630. The van der Waals surface area contributed by atoms with Crippen LogP contribution in [0.5, 0.6) is 0 Å². The molecule has 1 aromatic rings. The highest BCUT2D eigenvalue weighted by molar-refractivity contribution is 9.11. The normalized spacial score (nSPS) is 10.2. The minimum atomic E-state index is -1.04. The van der Waals surface area contributed by atoms with Crippen molar-refractivity contribution in [3.8, 4) is 0 Å². The van der Waals surface area contributed by atoms with E-state index in [1.807, 2.05) is 19.1 Å². The fourth-order valence-electron chi connectivity index (χ4n) is 1.37. The molecule has 0 saturated carbocycles. The SMILES string of the molecule is Cc1cc(Br)c(NC(=O)NCCOCC(=O)O)c(Br)c1. The largest absolute Gasteiger partial charge is 0.480 e. The number of aryl methyl sites for hydroxylation is 1. The third kappa shape index (κ3) is 5.89. The Bertz CT molecular complexity index is 485. The van der Waals surface area contributed by atoms with Crippen molar-refractivity contribution in [1.29, 1.82) is 0 Å². The molecule has 0 fully saturated rings. The Morgan fingerprint density at radius 2 is 1.90 bits per heavy atom. The summed E-state index contributed by atoms with van der Waals surface area (Å²) in [5.74, 6) is -1.04. The van der Waals surface area contributed by atoms with Crippen LogP contribution in [0.3, 0.4) is 0 Å². The number of nitrogens with one attached hydrogen (secondary N) is 2. The van der Waals surface area contributed by atoms with Gasteiger partial charge in [0, 0.05) is 15.5 Å². The van der Waals surface area contributed by atoms with Gasteiger partial charge < -0.3 is 20.5 Å². The van der Waals surface area contributed by atoms with Gasteiger partial charge in [0.25, 0.3) is 0 Å². The van der Waals surface area contributed by atoms with Crippen molar-refractivity contribution in [2.24, 2.45) is 0 Å². The number of carboxylic acid groups (broad SMARTS) is 1. The second-order valence-electron chi connectivity index (χ2n) is 3.93. The Morgan fingerprint density at radius 1 is 1.30 bits per heavy atom. The lowest BCUT2D eigenvalue weighted by Gasteiger charge is -2.11. The highest BCUT2D eigenvalue weighted by atomic mass is 79.9. The molecule has 6 nitrogen and oxygen atoms in total. The van der Waals surface area contributed by atoms with E-state index < -0.39 is 12.0 Å². The molecule has 3 N–H and O–H groups in total. The number of amides is 2. The highest BCUT2D eigenvalue weighted by Gasteiger charge is 2.09. The first-order valence-corrected chi connectivity index (χ1v) is 7.28. The van der Waals surface area contributed by atoms with E-state index in [9.17, 15) is 9.59 Å². The van der Waals surface area contributed by atoms with Gasteiger partial charge in [-0.2, -0.15) is 0 Å². The predicted molar refractivity (Wildman–Crippen MR) is 82.1 cm³/mol. The summed E-state index contributed by atoms with van der Waals surface area (Å²) in [5, 5.41) is 13.6. The number of urea groups is 1. The van der Waals surface area contributed by atoms with Crippen molar-refractivity contribution in [3.05, 3.63) is 26.6 Å². The van der Waals surface area contributed by atoms with Crippen LogP contribution in [0, 0.1) is 6.92 Å². The van der Waals surface area contributed by atoms with Crippen LogP contribution in [0.2, 0.25) is 0 Å². The molecule has 8 heteroatoms. The Morgan fingerprint density at radius 3 is 2.45 bits per heavy atom. The number of anilines is 1. The molecule has 0 saturated heterocycles. The molecule has 0 aliphatic heterocycles. The number of hydrogen-bond donors (Lipinski definition) is 3. The minimum absolute atomic E-state index is 0.135. The molecule has 0 bridgehead atoms. The Hall–Kier alpha value is -1.12. The molecule has 0 spiro atoms. The molecule has 0 radical (unpaired) electrons. The first-order chi connectivity index (χ1) is 9.40. The van der Waals surface area contributed by atoms with Gasteiger partial charge in [-0.25, -0.2) is 9.59 Å². The summed E-state index contributed by atoms with van der Waals surface area (Å²) in [4.78, 5) is 21.9. The predicted octanol–water partition coefficient (Wildman–Crippen LogP) is 2.74. The summed E-state index contributed by atoms with van der Waals surface area (Å²) in [6.45, 7) is 1.92. The molecular formula is C12H14Br2N2O4. The van der Waals surface area contributed by atoms with Crippen LogP contribution in [-0.2, 0) is 9.53 Å². The lowest BCUT2D eigenvalue weighted by Crippen LogP contribution is -2.32. The monoisotopic (exact) mass is 408 g/mol. The number of carbonyl (C=O) groups is 2. The smallest absolute Gasteiger partial charge is 0.329 e. The van der Waals surface area contributed by atoms with Crippen LogP contribution in [0.1, 0.15) is 5.56 Å². The summed E-state index contributed by atoms with van der Waals surface area (Å²) in [6.07, 6.45) is 0. The van der Waals surface area contributed by atoms with E-state index in [0.717, 1.165) is 14.5 Å². The molecule has 0 atom stereocenters. The standard InChI is InChI=1S/C12H14Br2N2O4/c1-7-4-8(13)11(9(14)5-7)16-12(19)15-2-3-20-6-10(17)18/h4-5H,2-3,6H2,1H3,(H,17,18)(H2,15,16,19). The molecular weight excluding hydrogens is 396 g/mol. The summed E-state index contributed by atoms with van der Waals surface area (Å²) in [6, 6.07) is 3.38. The third-order valence-corrected chi connectivity index (χ3v) is 3.43. The van der Waals surface area contributed by atoms with E-state index in [1.54, 1.807) is 0 Å². The van der Waals surface area contributed by atoms with Crippen molar-refractivity contribution in [1.82, 2.24) is 5.32 Å². The maximum atomic E-state index is 11.7. The van der Waals surface area contributed by atoms with Gasteiger partial charge in [0.1, 0.15) is 6.61 Å². The van der Waals surface area contributed by atoms with E-state index in [0.29, 0.717) is 5.69 Å². The first kappa shape index (κ1) is 16.9. The number of hydrogen-bond acceptors (Lipinski definition) is 3. The lowest BCUT2D eigenvalue weighted by molar-refractivity contribution is -0.142. The van der Waals surface area contributed by atoms with Gasteiger partial charge in [0.2, 0.25) is 0 Å². The van der Waals surface area contributed by atoms with Crippen LogP contribution in [-0.4, -0.2) is 36.9 Å². The van der Waals surface area contributed by atoms with E-state index in [4.69, 9.17) is 9.84 Å². The van der Waals surface area contributed by atoms with Gasteiger partial charge in [-0.3, -0.25) is 0 Å². The molecule has 0 aliphatic rings. The molecule has 2 amide bonds. The maximum absolute atomic E-state index is 11.7. The number of carbonyl (C=O) groups excluding carboxylic acids is 1. The number of aliphatic carboxylic acids is 1. The molecule has 1 rings (SSSR count). The van der Waals surface area contributed by atoms with E-state index >= 15 is 0 Å². The fraction of sp³-hybridized carbons (Fsp3) is 0.333. The zero-order valence-corrected chi connectivity index (χ0v) is 13.9. The minimum Gasteiger partial charge on any atom is -0.480 e. The van der Waals surface area contributed by atoms with Gasteiger partial charge in [0.15, 0.2) is 0 Å². The maximum Gasteiger partial charge on any atom is 0.329 e. The van der Waals surface area contributed by atoms with E-state index in [1.165, 1.54) is 0 Å². The van der Waals surface area contributed by atoms with Gasteiger partial charge in [-0.1, -0.05) is 0 Å². The average Bonchev–Trinajstić information content (AvgIpc) is 2.33. The van der Waals surface area contributed by atoms with Gasteiger partial charge in [0.05, 0.1) is 12.3 Å². The molecule has 110 valence electrons. The van der Waals surface area contributed by atoms with E-state index in [2.05, 4.69) is 42.5 Å². The van der Waals surface area contributed by atoms with Gasteiger partial charge >= 0.3 is 12.0 Å². The molecule has 0 heterocycles. The lowest BCUT2D eigenvalue weighted by atomic mass is 10.2. The van der Waals surface area contributed by atoms with Crippen LogP contribution in [0.4, 0.5) is 10.5 Å². The second kappa shape index (κ2) is 8.23. The van der Waals surface area contributed by atoms with Gasteiger partial charge in [-0.15, -0.1) is 0 Å². The van der Waals surface area contributed by atoms with Crippen molar-refractivity contribution in [2.75, 3.05) is 25.1 Å². The van der Waals surface area contributed by atoms with Crippen molar-refractivity contribution < 1.29 is 19.4 Å². The second-order valence-corrected chi connectivity index (χ2v) is 5.64. The number of benzene rings is 1. The van der Waals surface area contributed by atoms with Crippen molar-refractivity contribution in [3.63, 3.8) is 0 Å². The average molecular weight is 410 g/mol. The topological polar surface area (TPSA) is 87.7 Å². The van der Waals surface area contributed by atoms with Crippen molar-refractivity contribution in [2.45, 2.75) is 6.92 Å². The van der Waals surface area contributed by atoms with Crippen LogP contribution in [0.25, 0.3) is 0 Å². The Labute approximate surface area is 133 Å². The van der Waals surface area contributed by atoms with Crippen LogP contribution < -0.4 is 10.6 Å². The Balaban J connectivity index is 2.41.